The second kappa shape index (κ2) is 3.76. The lowest BCUT2D eigenvalue weighted by molar-refractivity contribution is -0.142. The third kappa shape index (κ3) is 2.62. The molecule has 12 heavy (non-hydrogen) atoms. The molecule has 0 aliphatic heterocycles. The van der Waals surface area contributed by atoms with Crippen molar-refractivity contribution >= 4 is 5.97 Å². The fraction of sp³-hybridized carbons (Fsp3) is 0.222. The molecular formula is C9H10O3. The van der Waals surface area contributed by atoms with Crippen molar-refractivity contribution in [1.82, 2.24) is 0 Å². The van der Waals surface area contributed by atoms with E-state index in [9.17, 15) is 4.79 Å². The second-order valence-corrected chi connectivity index (χ2v) is 2.45. The Hall–Kier alpha value is -1.51. The van der Waals surface area contributed by atoms with Gasteiger partial charge >= 0.3 is 5.97 Å². The van der Waals surface area contributed by atoms with Crippen LogP contribution in [-0.4, -0.2) is 11.1 Å². The van der Waals surface area contributed by atoms with E-state index in [1.165, 1.54) is 6.92 Å². The highest BCUT2D eigenvalue weighted by atomic mass is 16.5. The second-order valence-electron chi connectivity index (χ2n) is 2.45. The Balaban J connectivity index is 2.53. The van der Waals surface area contributed by atoms with Gasteiger partial charge in [-0.05, 0) is 17.7 Å². The first-order valence-corrected chi connectivity index (χ1v) is 3.60. The maximum Gasteiger partial charge on any atom is 0.302 e. The van der Waals surface area contributed by atoms with Crippen LogP contribution in [0.15, 0.2) is 24.3 Å². The molecule has 1 aromatic rings. The number of hydrogen-bond donors (Lipinski definition) is 1. The maximum absolute atomic E-state index is 10.4. The highest BCUT2D eigenvalue weighted by molar-refractivity contribution is 5.65. The molecule has 0 saturated carbocycles. The lowest BCUT2D eigenvalue weighted by atomic mass is 10.2. The van der Waals surface area contributed by atoms with Crippen LogP contribution in [0.3, 0.4) is 0 Å². The Kier molecular flexibility index (Phi) is 2.69. The Labute approximate surface area is 70.6 Å². The number of carbonyl (C=O) groups is 1. The van der Waals surface area contributed by atoms with Crippen molar-refractivity contribution < 1.29 is 14.6 Å². The highest BCUT2D eigenvalue weighted by Gasteiger charge is 1.95. The lowest BCUT2D eigenvalue weighted by Gasteiger charge is -2.01. The average Bonchev–Trinajstić information content (AvgIpc) is 2.03. The van der Waals surface area contributed by atoms with E-state index < -0.39 is 0 Å². The Bertz CT molecular complexity index is 264. The Morgan fingerprint density at radius 2 is 2.00 bits per heavy atom. The van der Waals surface area contributed by atoms with E-state index in [1.54, 1.807) is 24.3 Å². The van der Waals surface area contributed by atoms with Gasteiger partial charge in [-0.1, -0.05) is 12.1 Å². The largest absolute Gasteiger partial charge is 0.508 e. The molecule has 0 amide bonds. The monoisotopic (exact) mass is 166 g/mol. The van der Waals surface area contributed by atoms with Crippen molar-refractivity contribution in [3.05, 3.63) is 29.8 Å². The van der Waals surface area contributed by atoms with Crippen LogP contribution in [0, 0.1) is 0 Å². The van der Waals surface area contributed by atoms with Gasteiger partial charge in [0.2, 0.25) is 0 Å². The van der Waals surface area contributed by atoms with E-state index in [4.69, 9.17) is 9.84 Å². The lowest BCUT2D eigenvalue weighted by Crippen LogP contribution is -1.98. The minimum atomic E-state index is -0.303. The number of phenolic OH excluding ortho intramolecular Hbond substituents is 1. The van der Waals surface area contributed by atoms with Crippen LogP contribution >= 0.6 is 0 Å². The summed E-state index contributed by atoms with van der Waals surface area (Å²) in [6.07, 6.45) is 0. The molecule has 0 fully saturated rings. The van der Waals surface area contributed by atoms with E-state index in [1.807, 2.05) is 0 Å². The molecule has 0 unspecified atom stereocenters. The summed E-state index contributed by atoms with van der Waals surface area (Å²) in [5, 5.41) is 8.93. The number of rotatable bonds is 2. The molecule has 1 rings (SSSR count). The zero-order chi connectivity index (χ0) is 8.97. The number of aromatic hydroxyl groups is 1. The molecule has 0 atom stereocenters. The third-order valence-electron chi connectivity index (χ3n) is 1.38. The molecule has 1 aromatic carbocycles. The van der Waals surface area contributed by atoms with Gasteiger partial charge in [-0.25, -0.2) is 0 Å². The van der Waals surface area contributed by atoms with Gasteiger partial charge in [-0.3, -0.25) is 4.79 Å². The number of phenols is 1. The van der Waals surface area contributed by atoms with Crippen LogP contribution in [0.1, 0.15) is 12.5 Å². The summed E-state index contributed by atoms with van der Waals surface area (Å²) in [5.41, 5.74) is 0.864. The molecule has 0 aliphatic rings. The van der Waals surface area contributed by atoms with E-state index in [0.717, 1.165) is 5.56 Å². The first-order valence-electron chi connectivity index (χ1n) is 3.60. The van der Waals surface area contributed by atoms with E-state index in [2.05, 4.69) is 0 Å². The first kappa shape index (κ1) is 8.59. The molecule has 0 spiro atoms. The van der Waals surface area contributed by atoms with Gasteiger partial charge in [0.1, 0.15) is 12.4 Å². The fourth-order valence-electron chi connectivity index (χ4n) is 0.777. The number of benzene rings is 1. The van der Waals surface area contributed by atoms with Crippen LogP contribution in [0.2, 0.25) is 0 Å². The van der Waals surface area contributed by atoms with E-state index in [-0.39, 0.29) is 18.3 Å². The third-order valence-corrected chi connectivity index (χ3v) is 1.38. The smallest absolute Gasteiger partial charge is 0.302 e. The number of hydrogen-bond acceptors (Lipinski definition) is 3. The molecule has 0 aliphatic carbocycles. The van der Waals surface area contributed by atoms with Crippen LogP contribution in [0.4, 0.5) is 0 Å². The van der Waals surface area contributed by atoms with Gasteiger partial charge in [0.25, 0.3) is 0 Å². The van der Waals surface area contributed by atoms with Gasteiger partial charge in [-0.15, -0.1) is 0 Å². The number of ether oxygens (including phenoxy) is 1. The fourth-order valence-corrected chi connectivity index (χ4v) is 0.777. The van der Waals surface area contributed by atoms with Crippen molar-refractivity contribution in [3.8, 4) is 5.75 Å². The Morgan fingerprint density at radius 3 is 2.50 bits per heavy atom. The van der Waals surface area contributed by atoms with Gasteiger partial charge in [0, 0.05) is 6.92 Å². The summed E-state index contributed by atoms with van der Waals surface area (Å²) in [6, 6.07) is 6.52. The molecule has 3 heteroatoms. The highest BCUT2D eigenvalue weighted by Crippen LogP contribution is 2.10. The van der Waals surface area contributed by atoms with Gasteiger partial charge < -0.3 is 9.84 Å². The minimum Gasteiger partial charge on any atom is -0.508 e. The quantitative estimate of drug-likeness (QED) is 0.676. The van der Waals surface area contributed by atoms with Crippen molar-refractivity contribution in [1.29, 1.82) is 0 Å². The molecule has 64 valence electrons. The predicted octanol–water partition coefficient (Wildman–Crippen LogP) is 1.46. The molecule has 0 aromatic heterocycles. The van der Waals surface area contributed by atoms with Crippen molar-refractivity contribution in [3.63, 3.8) is 0 Å². The molecule has 0 bridgehead atoms. The summed E-state index contributed by atoms with van der Waals surface area (Å²) >= 11 is 0. The van der Waals surface area contributed by atoms with Crippen LogP contribution in [-0.2, 0) is 16.1 Å². The standard InChI is InChI=1S/C9H10O3/c1-7(10)12-6-8-2-4-9(11)5-3-8/h2-5,11H,6H2,1H3. The van der Waals surface area contributed by atoms with Gasteiger partial charge in [0.05, 0.1) is 0 Å². The van der Waals surface area contributed by atoms with Crippen molar-refractivity contribution in [2.75, 3.05) is 0 Å². The normalized spacial score (nSPS) is 9.42. The summed E-state index contributed by atoms with van der Waals surface area (Å²) in [5.74, 6) is -0.0929. The summed E-state index contributed by atoms with van der Waals surface area (Å²) < 4.78 is 4.75. The number of carbonyl (C=O) groups excluding carboxylic acids is 1. The molecule has 0 radical (unpaired) electrons. The SMILES string of the molecule is CC(=O)OCc1ccc(O)cc1. The zero-order valence-corrected chi connectivity index (χ0v) is 6.78. The number of esters is 1. The van der Waals surface area contributed by atoms with Crippen LogP contribution in [0.25, 0.3) is 0 Å². The topological polar surface area (TPSA) is 46.5 Å². The van der Waals surface area contributed by atoms with Crippen molar-refractivity contribution in [2.24, 2.45) is 0 Å². The molecule has 3 nitrogen and oxygen atoms in total. The average molecular weight is 166 g/mol. The predicted molar refractivity (Wildman–Crippen MR) is 43.6 cm³/mol. The maximum atomic E-state index is 10.4. The summed E-state index contributed by atoms with van der Waals surface area (Å²) in [6.45, 7) is 1.62. The van der Waals surface area contributed by atoms with Gasteiger partial charge in [-0.2, -0.15) is 0 Å². The molecule has 0 saturated heterocycles. The van der Waals surface area contributed by atoms with Crippen molar-refractivity contribution in [2.45, 2.75) is 13.5 Å². The van der Waals surface area contributed by atoms with Gasteiger partial charge in [0.15, 0.2) is 0 Å². The van der Waals surface area contributed by atoms with Crippen LogP contribution < -0.4 is 0 Å². The van der Waals surface area contributed by atoms with Crippen LogP contribution in [0.5, 0.6) is 5.75 Å². The molecule has 0 heterocycles. The van der Waals surface area contributed by atoms with E-state index in [0.29, 0.717) is 0 Å². The minimum absolute atomic E-state index is 0.210. The first-order chi connectivity index (χ1) is 5.68. The summed E-state index contributed by atoms with van der Waals surface area (Å²) in [4.78, 5) is 10.4. The zero-order valence-electron chi connectivity index (χ0n) is 6.78. The Morgan fingerprint density at radius 1 is 1.42 bits per heavy atom. The molecule has 1 N–H and O–H groups in total. The molecular weight excluding hydrogens is 156 g/mol. The van der Waals surface area contributed by atoms with E-state index >= 15 is 0 Å². The summed E-state index contributed by atoms with van der Waals surface area (Å²) in [7, 11) is 0.